The molecular weight excluding hydrogens is 194 g/mol. The molecule has 0 amide bonds. The van der Waals surface area contributed by atoms with Crippen molar-refractivity contribution in [2.45, 2.75) is 71.1 Å². The lowest BCUT2D eigenvalue weighted by Crippen LogP contribution is -2.11. The van der Waals surface area contributed by atoms with Crippen molar-refractivity contribution in [1.29, 1.82) is 0 Å². The first-order chi connectivity index (χ1) is 7.12. The summed E-state index contributed by atoms with van der Waals surface area (Å²) in [5, 5.41) is 0. The fourth-order valence-corrected chi connectivity index (χ4v) is 1.44. The smallest absolute Gasteiger partial charge is 0.202 e. The summed E-state index contributed by atoms with van der Waals surface area (Å²) in [6, 6.07) is 0. The lowest BCUT2D eigenvalue weighted by atomic mass is 10.1. The lowest BCUT2D eigenvalue weighted by Gasteiger charge is -2.10. The van der Waals surface area contributed by atoms with Gasteiger partial charge in [0.1, 0.15) is 0 Å². The van der Waals surface area contributed by atoms with Gasteiger partial charge in [-0.3, -0.25) is 0 Å². The van der Waals surface area contributed by atoms with E-state index in [1.165, 1.54) is 12.8 Å². The standard InChI is InChI=1S/C13H24F2/c1-3-5-7-8-9-10-12-13(14,15)11-6-4-2/h10,12H,3-9,11H2,1-2H3/b12-10+. The normalized spacial score (nSPS) is 12.5. The zero-order valence-electron chi connectivity index (χ0n) is 10.1. The van der Waals surface area contributed by atoms with Crippen LogP contribution in [0.4, 0.5) is 8.78 Å². The molecule has 0 aliphatic rings. The van der Waals surface area contributed by atoms with E-state index in [0.717, 1.165) is 31.8 Å². The van der Waals surface area contributed by atoms with E-state index in [1.54, 1.807) is 6.08 Å². The third-order valence-electron chi connectivity index (χ3n) is 2.45. The molecule has 0 saturated carbocycles. The van der Waals surface area contributed by atoms with Gasteiger partial charge in [-0.25, -0.2) is 8.78 Å². The van der Waals surface area contributed by atoms with Crippen LogP contribution < -0.4 is 0 Å². The van der Waals surface area contributed by atoms with E-state index in [0.29, 0.717) is 6.42 Å². The third-order valence-corrected chi connectivity index (χ3v) is 2.45. The van der Waals surface area contributed by atoms with Gasteiger partial charge in [0, 0.05) is 6.42 Å². The molecule has 0 aromatic heterocycles. The molecule has 0 atom stereocenters. The molecule has 0 radical (unpaired) electrons. The van der Waals surface area contributed by atoms with E-state index in [4.69, 9.17) is 0 Å². The number of hydrogen-bond donors (Lipinski definition) is 0. The minimum atomic E-state index is -2.58. The summed E-state index contributed by atoms with van der Waals surface area (Å²) in [6.07, 6.45) is 9.55. The third kappa shape index (κ3) is 9.89. The van der Waals surface area contributed by atoms with Crippen molar-refractivity contribution in [1.82, 2.24) is 0 Å². The summed E-state index contributed by atoms with van der Waals surface area (Å²) in [6.45, 7) is 4.08. The zero-order chi connectivity index (χ0) is 11.6. The van der Waals surface area contributed by atoms with Crippen LogP contribution in [0.5, 0.6) is 0 Å². The molecule has 0 unspecified atom stereocenters. The van der Waals surface area contributed by atoms with Crippen LogP contribution in [0.15, 0.2) is 12.2 Å². The van der Waals surface area contributed by atoms with Gasteiger partial charge < -0.3 is 0 Å². The Bertz CT molecular complexity index is 162. The van der Waals surface area contributed by atoms with Gasteiger partial charge in [0.2, 0.25) is 0 Å². The van der Waals surface area contributed by atoms with Gasteiger partial charge in [0.15, 0.2) is 0 Å². The van der Waals surface area contributed by atoms with Crippen molar-refractivity contribution in [3.8, 4) is 0 Å². The summed E-state index contributed by atoms with van der Waals surface area (Å²) in [7, 11) is 0. The fourth-order valence-electron chi connectivity index (χ4n) is 1.44. The second-order valence-corrected chi connectivity index (χ2v) is 4.12. The Morgan fingerprint density at radius 3 is 2.20 bits per heavy atom. The van der Waals surface area contributed by atoms with Crippen LogP contribution in [0.1, 0.15) is 65.2 Å². The first-order valence-electron chi connectivity index (χ1n) is 6.18. The summed E-state index contributed by atoms with van der Waals surface area (Å²) >= 11 is 0. The Morgan fingerprint density at radius 1 is 0.933 bits per heavy atom. The Balaban J connectivity index is 3.55. The van der Waals surface area contributed by atoms with Gasteiger partial charge in [-0.05, 0) is 25.3 Å². The number of alkyl halides is 2. The largest absolute Gasteiger partial charge is 0.266 e. The van der Waals surface area contributed by atoms with Crippen LogP contribution in [0.2, 0.25) is 0 Å². The molecule has 0 rings (SSSR count). The molecule has 15 heavy (non-hydrogen) atoms. The van der Waals surface area contributed by atoms with E-state index in [2.05, 4.69) is 6.92 Å². The molecule has 2 heteroatoms. The van der Waals surface area contributed by atoms with E-state index in [1.807, 2.05) is 6.92 Å². The molecule has 0 saturated heterocycles. The van der Waals surface area contributed by atoms with Crippen LogP contribution in [0.25, 0.3) is 0 Å². The highest BCUT2D eigenvalue weighted by atomic mass is 19.3. The molecule has 0 fully saturated rings. The molecule has 0 bridgehead atoms. The highest BCUT2D eigenvalue weighted by molar-refractivity contribution is 4.94. The van der Waals surface area contributed by atoms with Gasteiger partial charge >= 0.3 is 0 Å². The van der Waals surface area contributed by atoms with Crippen LogP contribution in [-0.2, 0) is 0 Å². The highest BCUT2D eigenvalue weighted by Gasteiger charge is 2.23. The van der Waals surface area contributed by atoms with Gasteiger partial charge in [-0.15, -0.1) is 0 Å². The van der Waals surface area contributed by atoms with Gasteiger partial charge in [0.05, 0.1) is 0 Å². The first-order valence-corrected chi connectivity index (χ1v) is 6.18. The molecule has 0 N–H and O–H groups in total. The monoisotopic (exact) mass is 218 g/mol. The van der Waals surface area contributed by atoms with Crippen LogP contribution >= 0.6 is 0 Å². The van der Waals surface area contributed by atoms with Gasteiger partial charge in [0.25, 0.3) is 5.92 Å². The topological polar surface area (TPSA) is 0 Å². The zero-order valence-corrected chi connectivity index (χ0v) is 10.1. The van der Waals surface area contributed by atoms with Crippen molar-refractivity contribution >= 4 is 0 Å². The Kier molecular flexibility index (Phi) is 8.64. The summed E-state index contributed by atoms with van der Waals surface area (Å²) in [4.78, 5) is 0. The van der Waals surface area contributed by atoms with Crippen LogP contribution in [-0.4, -0.2) is 5.92 Å². The van der Waals surface area contributed by atoms with Crippen molar-refractivity contribution < 1.29 is 8.78 Å². The fraction of sp³-hybridized carbons (Fsp3) is 0.846. The minimum Gasteiger partial charge on any atom is -0.202 e. The average molecular weight is 218 g/mol. The van der Waals surface area contributed by atoms with Crippen molar-refractivity contribution in [2.75, 3.05) is 0 Å². The summed E-state index contributed by atoms with van der Waals surface area (Å²) in [5.41, 5.74) is 0. The van der Waals surface area contributed by atoms with Crippen LogP contribution in [0, 0.1) is 0 Å². The highest BCUT2D eigenvalue weighted by Crippen LogP contribution is 2.23. The maximum atomic E-state index is 13.1. The quantitative estimate of drug-likeness (QED) is 0.362. The lowest BCUT2D eigenvalue weighted by molar-refractivity contribution is 0.0429. The molecule has 0 aliphatic carbocycles. The molecule has 90 valence electrons. The molecule has 0 aromatic rings. The molecule has 0 nitrogen and oxygen atoms in total. The number of allylic oxidation sites excluding steroid dienone is 2. The Hall–Kier alpha value is -0.400. The molecule has 0 heterocycles. The van der Waals surface area contributed by atoms with Crippen molar-refractivity contribution in [2.24, 2.45) is 0 Å². The van der Waals surface area contributed by atoms with Crippen molar-refractivity contribution in [3.05, 3.63) is 12.2 Å². The predicted molar refractivity (Wildman–Crippen MR) is 62.4 cm³/mol. The Morgan fingerprint density at radius 2 is 1.60 bits per heavy atom. The Labute approximate surface area is 92.8 Å². The molecule has 0 spiro atoms. The summed E-state index contributed by atoms with van der Waals surface area (Å²) < 4.78 is 26.2. The predicted octanol–water partition coefficient (Wildman–Crippen LogP) is 5.34. The second kappa shape index (κ2) is 8.87. The van der Waals surface area contributed by atoms with Crippen molar-refractivity contribution in [3.63, 3.8) is 0 Å². The average Bonchev–Trinajstić information content (AvgIpc) is 2.20. The number of unbranched alkanes of at least 4 members (excludes halogenated alkanes) is 5. The minimum absolute atomic E-state index is 0.00500. The maximum absolute atomic E-state index is 13.1. The molecule has 0 aliphatic heterocycles. The van der Waals surface area contributed by atoms with Gasteiger partial charge in [-0.2, -0.15) is 0 Å². The second-order valence-electron chi connectivity index (χ2n) is 4.12. The summed E-state index contributed by atoms with van der Waals surface area (Å²) in [5.74, 6) is -2.58. The number of rotatable bonds is 9. The molecule has 0 aromatic carbocycles. The number of halogens is 2. The van der Waals surface area contributed by atoms with Crippen LogP contribution in [0.3, 0.4) is 0 Å². The SMILES string of the molecule is CCCCCC/C=C/C(F)(F)CCCC. The molecular formula is C13H24F2. The number of hydrogen-bond acceptors (Lipinski definition) is 0. The maximum Gasteiger partial charge on any atom is 0.266 e. The first kappa shape index (κ1) is 14.6. The van der Waals surface area contributed by atoms with E-state index >= 15 is 0 Å². The van der Waals surface area contributed by atoms with E-state index in [9.17, 15) is 8.78 Å². The van der Waals surface area contributed by atoms with Gasteiger partial charge in [-0.1, -0.05) is 45.6 Å². The van der Waals surface area contributed by atoms with E-state index < -0.39 is 5.92 Å². The van der Waals surface area contributed by atoms with E-state index in [-0.39, 0.29) is 6.42 Å².